The van der Waals surface area contributed by atoms with E-state index in [-0.39, 0.29) is 17.2 Å². The highest BCUT2D eigenvalue weighted by Gasteiger charge is 2.34. The molecule has 2 N–H and O–H groups in total. The molecule has 2 aromatic heterocycles. The van der Waals surface area contributed by atoms with Gasteiger partial charge >= 0.3 is 12.3 Å². The minimum absolute atomic E-state index is 0.102. The number of hydrogen-bond donors (Lipinski definition) is 2. The van der Waals surface area contributed by atoms with E-state index in [9.17, 15) is 22.8 Å². The Morgan fingerprint density at radius 2 is 1.91 bits per heavy atom. The Bertz CT molecular complexity index is 1110. The van der Waals surface area contributed by atoms with Crippen molar-refractivity contribution in [2.24, 2.45) is 0 Å². The molecule has 0 fully saturated rings. The highest BCUT2D eigenvalue weighted by molar-refractivity contribution is 7.13. The number of amides is 2. The Morgan fingerprint density at radius 3 is 2.59 bits per heavy atom. The number of nitrogens with zero attached hydrogens (tertiary/aromatic N) is 2. The number of nitrogens with one attached hydrogen (secondary N) is 2. The SMILES string of the molecule is CC(OC(=O)NCc1ccccc1)c1ncc(C(=O)Nc2cc(C(F)(F)F)c(Cl)cn2)s1. The predicted molar refractivity (Wildman–Crippen MR) is 112 cm³/mol. The van der Waals surface area contributed by atoms with Crippen molar-refractivity contribution in [2.45, 2.75) is 25.7 Å². The third-order valence-corrected chi connectivity index (χ3v) is 5.52. The van der Waals surface area contributed by atoms with Gasteiger partial charge in [-0.25, -0.2) is 14.8 Å². The molecule has 1 unspecified atom stereocenters. The van der Waals surface area contributed by atoms with Gasteiger partial charge in [0.05, 0.1) is 16.8 Å². The summed E-state index contributed by atoms with van der Waals surface area (Å²) in [5.41, 5.74) is -0.215. The number of carbonyl (C=O) groups is 2. The molecule has 2 amide bonds. The summed E-state index contributed by atoms with van der Waals surface area (Å²) in [6.07, 6.45) is -4.06. The molecule has 0 aliphatic heterocycles. The Morgan fingerprint density at radius 1 is 1.19 bits per heavy atom. The van der Waals surface area contributed by atoms with Crippen molar-refractivity contribution in [1.29, 1.82) is 0 Å². The number of rotatable bonds is 6. The first-order chi connectivity index (χ1) is 15.1. The van der Waals surface area contributed by atoms with Crippen LogP contribution in [0, 0.1) is 0 Å². The van der Waals surface area contributed by atoms with Crippen molar-refractivity contribution in [2.75, 3.05) is 5.32 Å². The fourth-order valence-corrected chi connectivity index (χ4v) is 3.51. The second-order valence-corrected chi connectivity index (χ2v) is 7.92. The van der Waals surface area contributed by atoms with Crippen molar-refractivity contribution < 1.29 is 27.5 Å². The molecule has 0 spiro atoms. The summed E-state index contributed by atoms with van der Waals surface area (Å²) in [6.45, 7) is 1.87. The van der Waals surface area contributed by atoms with Gasteiger partial charge in [-0.15, -0.1) is 11.3 Å². The number of alkyl carbamates (subject to hydrolysis) is 1. The molecular weight excluding hydrogens is 469 g/mol. The van der Waals surface area contributed by atoms with Crippen molar-refractivity contribution in [3.63, 3.8) is 0 Å². The first-order valence-electron chi connectivity index (χ1n) is 9.11. The van der Waals surface area contributed by atoms with E-state index in [1.807, 2.05) is 30.3 Å². The lowest BCUT2D eigenvalue weighted by atomic mass is 10.2. The third kappa shape index (κ3) is 6.17. The first kappa shape index (κ1) is 23.5. The molecule has 0 saturated carbocycles. The Labute approximate surface area is 189 Å². The van der Waals surface area contributed by atoms with E-state index in [1.165, 1.54) is 6.20 Å². The normalized spacial score (nSPS) is 12.2. The monoisotopic (exact) mass is 484 g/mol. The van der Waals surface area contributed by atoms with Gasteiger partial charge in [-0.05, 0) is 18.6 Å². The molecule has 168 valence electrons. The van der Waals surface area contributed by atoms with Gasteiger partial charge in [0.15, 0.2) is 6.10 Å². The average Bonchev–Trinajstić information content (AvgIpc) is 3.24. The van der Waals surface area contributed by atoms with Crippen LogP contribution in [0.2, 0.25) is 5.02 Å². The molecule has 1 aromatic carbocycles. The van der Waals surface area contributed by atoms with E-state index in [0.29, 0.717) is 11.1 Å². The molecule has 0 bridgehead atoms. The molecule has 0 aliphatic rings. The van der Waals surface area contributed by atoms with Crippen LogP contribution in [0.4, 0.5) is 23.8 Å². The van der Waals surface area contributed by atoms with E-state index in [0.717, 1.165) is 23.1 Å². The summed E-state index contributed by atoms with van der Waals surface area (Å²) in [6, 6.07) is 9.89. The largest absolute Gasteiger partial charge is 0.439 e. The number of thiazole rings is 1. The number of alkyl halides is 3. The maximum absolute atomic E-state index is 13.0. The Kier molecular flexibility index (Phi) is 7.31. The number of pyridine rings is 1. The van der Waals surface area contributed by atoms with Gasteiger partial charge in [-0.2, -0.15) is 13.2 Å². The molecule has 7 nitrogen and oxygen atoms in total. The molecule has 3 aromatic rings. The maximum atomic E-state index is 13.0. The van der Waals surface area contributed by atoms with Crippen LogP contribution in [0.25, 0.3) is 0 Å². The number of ether oxygens (including phenoxy) is 1. The highest BCUT2D eigenvalue weighted by atomic mass is 35.5. The molecule has 0 saturated heterocycles. The van der Waals surface area contributed by atoms with E-state index in [1.54, 1.807) is 6.92 Å². The minimum atomic E-state index is -4.69. The van der Waals surface area contributed by atoms with Crippen molar-refractivity contribution in [3.05, 3.63) is 74.8 Å². The first-order valence-corrected chi connectivity index (χ1v) is 10.3. The van der Waals surface area contributed by atoms with Gasteiger partial charge in [0, 0.05) is 12.7 Å². The molecule has 1 atom stereocenters. The zero-order chi connectivity index (χ0) is 23.3. The number of aromatic nitrogens is 2. The summed E-state index contributed by atoms with van der Waals surface area (Å²) in [5.74, 6) is -1.02. The molecule has 0 aliphatic carbocycles. The molecule has 12 heteroatoms. The van der Waals surface area contributed by atoms with Crippen LogP contribution >= 0.6 is 22.9 Å². The molecule has 0 radical (unpaired) electrons. The summed E-state index contributed by atoms with van der Waals surface area (Å²) in [7, 11) is 0. The highest BCUT2D eigenvalue weighted by Crippen LogP contribution is 2.35. The number of halogens is 4. The summed E-state index contributed by atoms with van der Waals surface area (Å²) < 4.78 is 44.1. The van der Waals surface area contributed by atoms with Gasteiger partial charge in [-0.3, -0.25) is 4.79 Å². The molecule has 2 heterocycles. The van der Waals surface area contributed by atoms with Crippen LogP contribution < -0.4 is 10.6 Å². The predicted octanol–water partition coefficient (Wildman–Crippen LogP) is 5.45. The number of benzene rings is 1. The lowest BCUT2D eigenvalue weighted by Crippen LogP contribution is -2.24. The fourth-order valence-electron chi connectivity index (χ4n) is 2.51. The van der Waals surface area contributed by atoms with Gasteiger partial charge in [-0.1, -0.05) is 41.9 Å². The van der Waals surface area contributed by atoms with Crippen LogP contribution in [-0.2, 0) is 17.5 Å². The second-order valence-electron chi connectivity index (χ2n) is 6.45. The van der Waals surface area contributed by atoms with Gasteiger partial charge < -0.3 is 15.4 Å². The van der Waals surface area contributed by atoms with Gasteiger partial charge in [0.25, 0.3) is 5.91 Å². The van der Waals surface area contributed by atoms with Crippen molar-refractivity contribution in [3.8, 4) is 0 Å². The average molecular weight is 485 g/mol. The van der Waals surface area contributed by atoms with Crippen molar-refractivity contribution in [1.82, 2.24) is 15.3 Å². The van der Waals surface area contributed by atoms with E-state index in [2.05, 4.69) is 20.6 Å². The summed E-state index contributed by atoms with van der Waals surface area (Å²) in [5, 5.41) is 4.64. The lowest BCUT2D eigenvalue weighted by Gasteiger charge is -2.11. The van der Waals surface area contributed by atoms with E-state index >= 15 is 0 Å². The van der Waals surface area contributed by atoms with E-state index < -0.39 is 34.9 Å². The topological polar surface area (TPSA) is 93.2 Å². The third-order valence-electron chi connectivity index (χ3n) is 4.06. The van der Waals surface area contributed by atoms with Gasteiger partial charge in [0.2, 0.25) is 0 Å². The lowest BCUT2D eigenvalue weighted by molar-refractivity contribution is -0.137. The zero-order valence-corrected chi connectivity index (χ0v) is 18.0. The van der Waals surface area contributed by atoms with Crippen LogP contribution in [0.5, 0.6) is 0 Å². The number of hydrogen-bond acceptors (Lipinski definition) is 6. The van der Waals surface area contributed by atoms with Crippen LogP contribution in [0.3, 0.4) is 0 Å². The molecule has 32 heavy (non-hydrogen) atoms. The minimum Gasteiger partial charge on any atom is -0.439 e. The second kappa shape index (κ2) is 9.96. The molecular formula is C20H16ClF3N4O3S. The number of carbonyl (C=O) groups excluding carboxylic acids is 2. The maximum Gasteiger partial charge on any atom is 0.418 e. The smallest absolute Gasteiger partial charge is 0.418 e. The zero-order valence-electron chi connectivity index (χ0n) is 16.4. The Hall–Kier alpha value is -3.18. The van der Waals surface area contributed by atoms with Crippen LogP contribution in [0.15, 0.2) is 48.8 Å². The van der Waals surface area contributed by atoms with Crippen molar-refractivity contribution >= 4 is 40.8 Å². The Balaban J connectivity index is 1.58. The summed E-state index contributed by atoms with van der Waals surface area (Å²) >= 11 is 6.46. The quantitative estimate of drug-likeness (QED) is 0.485. The standard InChI is InChI=1S/C20H16ClF3N4O3S/c1-11(31-19(30)27-8-12-5-3-2-4-6-12)18-26-10-15(32-18)17(29)28-16-7-13(20(22,23)24)14(21)9-25-16/h2-7,9-11H,8H2,1H3,(H,27,30)(H,25,28,29). The van der Waals surface area contributed by atoms with Gasteiger partial charge in [0.1, 0.15) is 15.7 Å². The van der Waals surface area contributed by atoms with Crippen LogP contribution in [0.1, 0.15) is 38.8 Å². The summed E-state index contributed by atoms with van der Waals surface area (Å²) in [4.78, 5) is 32.2. The fraction of sp³-hybridized carbons (Fsp3) is 0.200. The van der Waals surface area contributed by atoms with E-state index in [4.69, 9.17) is 16.3 Å². The van der Waals surface area contributed by atoms with Crippen LogP contribution in [-0.4, -0.2) is 22.0 Å². The molecule has 3 rings (SSSR count). The number of anilines is 1.